The monoisotopic (exact) mass is 285 g/mol. The Hall–Kier alpha value is -2.34. The molecule has 1 aromatic carbocycles. The molecular formula is C14H11N3O2S. The van der Waals surface area contributed by atoms with Crippen molar-refractivity contribution in [1.82, 2.24) is 9.97 Å². The van der Waals surface area contributed by atoms with E-state index in [0.717, 1.165) is 33.2 Å². The standard InChI is InChI=1S/C14H11N3O2S/c1-2-11-12(19-5-4-18-11)7-9(1)17-13-10-3-6-20-14(10)16-8-15-13/h1-3,6-8H,4-5H2,(H,15,16,17). The molecule has 0 unspecified atom stereocenters. The third kappa shape index (κ3) is 1.94. The molecule has 100 valence electrons. The van der Waals surface area contributed by atoms with Crippen LogP contribution >= 0.6 is 11.3 Å². The van der Waals surface area contributed by atoms with Crippen LogP contribution in [-0.2, 0) is 0 Å². The van der Waals surface area contributed by atoms with Gasteiger partial charge in [0.05, 0.1) is 5.39 Å². The Morgan fingerprint density at radius 3 is 2.90 bits per heavy atom. The topological polar surface area (TPSA) is 56.3 Å². The molecule has 2 aromatic heterocycles. The van der Waals surface area contributed by atoms with E-state index in [0.29, 0.717) is 13.2 Å². The zero-order valence-electron chi connectivity index (χ0n) is 10.5. The highest BCUT2D eigenvalue weighted by Gasteiger charge is 2.12. The maximum Gasteiger partial charge on any atom is 0.163 e. The second-order valence-corrected chi connectivity index (χ2v) is 5.24. The molecule has 0 aliphatic carbocycles. The fourth-order valence-corrected chi connectivity index (χ4v) is 2.88. The third-order valence-electron chi connectivity index (χ3n) is 3.07. The molecule has 5 nitrogen and oxygen atoms in total. The molecule has 6 heteroatoms. The van der Waals surface area contributed by atoms with Gasteiger partial charge in [-0.1, -0.05) is 0 Å². The Labute approximate surface area is 119 Å². The first kappa shape index (κ1) is 11.5. The van der Waals surface area contributed by atoms with Crippen LogP contribution in [0.3, 0.4) is 0 Å². The van der Waals surface area contributed by atoms with Crippen molar-refractivity contribution in [2.24, 2.45) is 0 Å². The van der Waals surface area contributed by atoms with Crippen molar-refractivity contribution in [3.63, 3.8) is 0 Å². The minimum Gasteiger partial charge on any atom is -0.486 e. The van der Waals surface area contributed by atoms with Gasteiger partial charge in [-0.2, -0.15) is 0 Å². The zero-order valence-corrected chi connectivity index (χ0v) is 11.3. The summed E-state index contributed by atoms with van der Waals surface area (Å²) < 4.78 is 11.1. The molecule has 3 heterocycles. The van der Waals surface area contributed by atoms with Gasteiger partial charge >= 0.3 is 0 Å². The largest absolute Gasteiger partial charge is 0.486 e. The minimum absolute atomic E-state index is 0.582. The molecule has 0 amide bonds. The van der Waals surface area contributed by atoms with Gasteiger partial charge in [0.15, 0.2) is 11.5 Å². The lowest BCUT2D eigenvalue weighted by Crippen LogP contribution is -2.15. The summed E-state index contributed by atoms with van der Waals surface area (Å²) in [6.45, 7) is 1.18. The molecule has 0 radical (unpaired) electrons. The van der Waals surface area contributed by atoms with E-state index in [1.807, 2.05) is 29.6 Å². The Balaban J connectivity index is 1.70. The predicted octanol–water partition coefficient (Wildman–Crippen LogP) is 3.21. The number of ether oxygens (including phenoxy) is 2. The van der Waals surface area contributed by atoms with Crippen LogP contribution in [-0.4, -0.2) is 23.2 Å². The lowest BCUT2D eigenvalue weighted by Gasteiger charge is -2.19. The van der Waals surface area contributed by atoms with Gasteiger partial charge in [-0.05, 0) is 23.6 Å². The Kier molecular flexibility index (Phi) is 2.67. The first-order valence-electron chi connectivity index (χ1n) is 6.25. The van der Waals surface area contributed by atoms with Crippen molar-refractivity contribution < 1.29 is 9.47 Å². The van der Waals surface area contributed by atoms with E-state index in [-0.39, 0.29) is 0 Å². The van der Waals surface area contributed by atoms with Gasteiger partial charge < -0.3 is 14.8 Å². The van der Waals surface area contributed by atoms with Crippen molar-refractivity contribution in [3.8, 4) is 11.5 Å². The lowest BCUT2D eigenvalue weighted by molar-refractivity contribution is 0.171. The Bertz CT molecular complexity index is 772. The SMILES string of the molecule is c1nc(Nc2ccc3c(c2)OCCO3)c2ccsc2n1. The van der Waals surface area contributed by atoms with Crippen LogP contribution in [0.15, 0.2) is 36.0 Å². The summed E-state index contributed by atoms with van der Waals surface area (Å²) in [5.41, 5.74) is 0.917. The summed E-state index contributed by atoms with van der Waals surface area (Å²) >= 11 is 1.60. The van der Waals surface area contributed by atoms with E-state index in [4.69, 9.17) is 9.47 Å². The molecule has 1 aliphatic rings. The fraction of sp³-hybridized carbons (Fsp3) is 0.143. The first-order chi connectivity index (χ1) is 9.90. The summed E-state index contributed by atoms with van der Waals surface area (Å²) in [6.07, 6.45) is 1.57. The molecule has 0 fully saturated rings. The van der Waals surface area contributed by atoms with Gasteiger partial charge in [0, 0.05) is 11.8 Å². The van der Waals surface area contributed by atoms with Gasteiger partial charge in [-0.3, -0.25) is 0 Å². The average molecular weight is 285 g/mol. The van der Waals surface area contributed by atoms with Crippen LogP contribution in [0, 0.1) is 0 Å². The molecule has 4 rings (SSSR count). The average Bonchev–Trinajstić information content (AvgIpc) is 2.97. The van der Waals surface area contributed by atoms with Crippen LogP contribution in [0.5, 0.6) is 11.5 Å². The smallest absolute Gasteiger partial charge is 0.163 e. The van der Waals surface area contributed by atoms with E-state index in [1.165, 1.54) is 0 Å². The van der Waals surface area contributed by atoms with E-state index >= 15 is 0 Å². The summed E-state index contributed by atoms with van der Waals surface area (Å²) in [4.78, 5) is 9.51. The molecular weight excluding hydrogens is 274 g/mol. The highest BCUT2D eigenvalue weighted by Crippen LogP contribution is 2.34. The molecule has 0 atom stereocenters. The third-order valence-corrected chi connectivity index (χ3v) is 3.89. The van der Waals surface area contributed by atoms with Crippen molar-refractivity contribution in [2.45, 2.75) is 0 Å². The fourth-order valence-electron chi connectivity index (χ4n) is 2.15. The number of nitrogens with zero attached hydrogens (tertiary/aromatic N) is 2. The number of fused-ring (bicyclic) bond motifs is 2. The maximum absolute atomic E-state index is 5.58. The van der Waals surface area contributed by atoms with Crippen LogP contribution < -0.4 is 14.8 Å². The molecule has 0 spiro atoms. The van der Waals surface area contributed by atoms with Crippen LogP contribution in [0.25, 0.3) is 10.2 Å². The number of hydrogen-bond acceptors (Lipinski definition) is 6. The van der Waals surface area contributed by atoms with E-state index in [9.17, 15) is 0 Å². The molecule has 0 saturated heterocycles. The minimum atomic E-state index is 0.582. The lowest BCUT2D eigenvalue weighted by atomic mass is 10.2. The Morgan fingerprint density at radius 2 is 1.95 bits per heavy atom. The Morgan fingerprint density at radius 1 is 1.05 bits per heavy atom. The second-order valence-electron chi connectivity index (χ2n) is 4.35. The molecule has 20 heavy (non-hydrogen) atoms. The molecule has 0 bridgehead atoms. The number of nitrogens with one attached hydrogen (secondary N) is 1. The van der Waals surface area contributed by atoms with Crippen molar-refractivity contribution in [1.29, 1.82) is 0 Å². The number of rotatable bonds is 2. The van der Waals surface area contributed by atoms with Gasteiger partial charge in [-0.15, -0.1) is 11.3 Å². The van der Waals surface area contributed by atoms with Gasteiger partial charge in [0.1, 0.15) is 30.2 Å². The van der Waals surface area contributed by atoms with Gasteiger partial charge in [0.2, 0.25) is 0 Å². The maximum atomic E-state index is 5.58. The first-order valence-corrected chi connectivity index (χ1v) is 7.13. The quantitative estimate of drug-likeness (QED) is 0.783. The number of benzene rings is 1. The summed E-state index contributed by atoms with van der Waals surface area (Å²) in [5, 5.41) is 6.33. The van der Waals surface area contributed by atoms with Crippen LogP contribution in [0.1, 0.15) is 0 Å². The van der Waals surface area contributed by atoms with Crippen LogP contribution in [0.4, 0.5) is 11.5 Å². The highest BCUT2D eigenvalue weighted by molar-refractivity contribution is 7.16. The number of aromatic nitrogens is 2. The number of thiophene rings is 1. The molecule has 1 aliphatic heterocycles. The molecule has 1 N–H and O–H groups in total. The van der Waals surface area contributed by atoms with Crippen molar-refractivity contribution >= 4 is 33.1 Å². The van der Waals surface area contributed by atoms with Crippen LogP contribution in [0.2, 0.25) is 0 Å². The van der Waals surface area contributed by atoms with Gasteiger partial charge in [-0.25, -0.2) is 9.97 Å². The molecule has 3 aromatic rings. The summed E-state index contributed by atoms with van der Waals surface area (Å²) in [5.74, 6) is 2.34. The van der Waals surface area contributed by atoms with E-state index in [1.54, 1.807) is 17.7 Å². The zero-order chi connectivity index (χ0) is 13.4. The summed E-state index contributed by atoms with van der Waals surface area (Å²) in [6, 6.07) is 7.80. The highest BCUT2D eigenvalue weighted by atomic mass is 32.1. The summed E-state index contributed by atoms with van der Waals surface area (Å²) in [7, 11) is 0. The predicted molar refractivity (Wildman–Crippen MR) is 78.1 cm³/mol. The van der Waals surface area contributed by atoms with E-state index in [2.05, 4.69) is 15.3 Å². The molecule has 0 saturated carbocycles. The number of anilines is 2. The van der Waals surface area contributed by atoms with Crippen molar-refractivity contribution in [2.75, 3.05) is 18.5 Å². The van der Waals surface area contributed by atoms with Gasteiger partial charge in [0.25, 0.3) is 0 Å². The number of hydrogen-bond donors (Lipinski definition) is 1. The van der Waals surface area contributed by atoms with Crippen molar-refractivity contribution in [3.05, 3.63) is 36.0 Å². The van der Waals surface area contributed by atoms with E-state index < -0.39 is 0 Å². The second kappa shape index (κ2) is 4.64. The normalized spacial score (nSPS) is 13.4.